The molecule has 16 heteroatoms. The van der Waals surface area contributed by atoms with Gasteiger partial charge in [-0.05, 0) is 12.1 Å². The van der Waals surface area contributed by atoms with Gasteiger partial charge in [0, 0.05) is 0 Å². The molecule has 0 fully saturated rings. The number of hydrogen-bond acceptors (Lipinski definition) is 8. The summed E-state index contributed by atoms with van der Waals surface area (Å²) in [5.74, 6) is -3.29. The Morgan fingerprint density at radius 1 is 0.714 bits per heavy atom. The number of esters is 2. The van der Waals surface area contributed by atoms with E-state index in [1.807, 2.05) is 0 Å². The van der Waals surface area contributed by atoms with Crippen LogP contribution in [-0.2, 0) is 29.1 Å². The van der Waals surface area contributed by atoms with Gasteiger partial charge in [0.25, 0.3) is 19.7 Å². The van der Waals surface area contributed by atoms with Gasteiger partial charge in [-0.1, -0.05) is 0 Å². The van der Waals surface area contributed by atoms with Crippen LogP contribution in [0.3, 0.4) is 0 Å². The average Bonchev–Trinajstić information content (AvgIpc) is 2.56. The topological polar surface area (TPSA) is 121 Å². The molecule has 0 bridgehead atoms. The highest BCUT2D eigenvalue weighted by atomic mass is 32.2. The van der Waals surface area contributed by atoms with Crippen molar-refractivity contribution in [2.45, 2.75) is 20.8 Å². The Labute approximate surface area is 152 Å². The number of ether oxygens (including phenoxy) is 2. The molecule has 0 radical (unpaired) electrons. The molecule has 1 aromatic carbocycles. The molecule has 0 amide bonds. The molecular weight excluding hydrogens is 450 g/mol. The summed E-state index contributed by atoms with van der Waals surface area (Å²) in [6.45, 7) is 0. The molecular formula is C12H8F6O8S2. The fraction of sp³-hybridized carbons (Fsp3) is 0.333. The molecule has 0 saturated heterocycles. The van der Waals surface area contributed by atoms with E-state index in [9.17, 15) is 52.8 Å². The molecule has 158 valence electrons. The van der Waals surface area contributed by atoms with Crippen LogP contribution in [0, 0.1) is 0 Å². The van der Waals surface area contributed by atoms with Crippen LogP contribution in [0.4, 0.5) is 26.3 Å². The van der Waals surface area contributed by atoms with Crippen molar-refractivity contribution in [2.24, 2.45) is 0 Å². The molecule has 1 rings (SSSR count). The van der Waals surface area contributed by atoms with E-state index in [2.05, 4.69) is 9.47 Å². The van der Waals surface area contributed by atoms with E-state index < -0.39 is 63.5 Å². The molecule has 0 aliphatic heterocycles. The standard InChI is InChI=1S/C12H8F6O8S2/c1-25-9(19)5-3-7(27(21,22)11(13,14)15)8(4-6(5)10(20)26-2)28(23,24)12(16,17)18/h3-4H,1-2H3. The van der Waals surface area contributed by atoms with E-state index in [1.165, 1.54) is 0 Å². The van der Waals surface area contributed by atoms with Crippen LogP contribution < -0.4 is 0 Å². The van der Waals surface area contributed by atoms with Crippen LogP contribution in [0.25, 0.3) is 0 Å². The minimum absolute atomic E-state index is 0.348. The van der Waals surface area contributed by atoms with E-state index in [4.69, 9.17) is 0 Å². The first kappa shape index (κ1) is 23.7. The third-order valence-corrected chi connectivity index (χ3v) is 6.26. The number of rotatable bonds is 4. The second-order valence-corrected chi connectivity index (χ2v) is 8.55. The Hall–Kier alpha value is -2.36. The molecule has 0 aliphatic rings. The summed E-state index contributed by atoms with van der Waals surface area (Å²) in [5, 5.41) is 0. The molecule has 0 unspecified atom stereocenters. The third kappa shape index (κ3) is 3.91. The Morgan fingerprint density at radius 3 is 1.14 bits per heavy atom. The number of hydrogen-bond donors (Lipinski definition) is 0. The van der Waals surface area contributed by atoms with Crippen LogP contribution in [-0.4, -0.2) is 54.0 Å². The number of benzene rings is 1. The molecule has 28 heavy (non-hydrogen) atoms. The zero-order valence-corrected chi connectivity index (χ0v) is 15.1. The number of carbonyl (C=O) groups is 2. The summed E-state index contributed by atoms with van der Waals surface area (Å²) in [4.78, 5) is 18.5. The molecule has 0 atom stereocenters. The molecule has 0 aromatic heterocycles. The van der Waals surface area contributed by atoms with Gasteiger partial charge in [-0.2, -0.15) is 26.3 Å². The van der Waals surface area contributed by atoms with E-state index in [1.54, 1.807) is 0 Å². The smallest absolute Gasteiger partial charge is 0.465 e. The monoisotopic (exact) mass is 458 g/mol. The summed E-state index contributed by atoms with van der Waals surface area (Å²) >= 11 is 0. The van der Waals surface area contributed by atoms with Gasteiger partial charge in [0.2, 0.25) is 0 Å². The van der Waals surface area contributed by atoms with Crippen molar-refractivity contribution in [1.29, 1.82) is 0 Å². The van der Waals surface area contributed by atoms with Crippen molar-refractivity contribution >= 4 is 31.6 Å². The molecule has 0 N–H and O–H groups in total. The van der Waals surface area contributed by atoms with E-state index in [-0.39, 0.29) is 12.1 Å². The van der Waals surface area contributed by atoms with Crippen molar-refractivity contribution in [1.82, 2.24) is 0 Å². The van der Waals surface area contributed by atoms with Gasteiger partial charge in [0.05, 0.1) is 35.1 Å². The van der Waals surface area contributed by atoms with E-state index in [0.717, 1.165) is 0 Å². The lowest BCUT2D eigenvalue weighted by Crippen LogP contribution is -2.30. The summed E-state index contributed by atoms with van der Waals surface area (Å²) < 4.78 is 132. The number of alkyl halides is 6. The van der Waals surface area contributed by atoms with Crippen molar-refractivity contribution in [3.8, 4) is 0 Å². The normalized spacial score (nSPS) is 13.1. The second kappa shape index (κ2) is 7.23. The van der Waals surface area contributed by atoms with Crippen molar-refractivity contribution in [2.75, 3.05) is 14.2 Å². The lowest BCUT2D eigenvalue weighted by atomic mass is 10.1. The molecule has 8 nitrogen and oxygen atoms in total. The molecule has 0 heterocycles. The lowest BCUT2D eigenvalue weighted by molar-refractivity contribution is -0.0456. The highest BCUT2D eigenvalue weighted by molar-refractivity contribution is 7.95. The average molecular weight is 458 g/mol. The first-order valence-corrected chi connectivity index (χ1v) is 9.37. The first-order chi connectivity index (χ1) is 12.4. The molecule has 0 spiro atoms. The predicted molar refractivity (Wildman–Crippen MR) is 75.6 cm³/mol. The zero-order valence-electron chi connectivity index (χ0n) is 13.5. The largest absolute Gasteiger partial charge is 0.501 e. The van der Waals surface area contributed by atoms with Crippen molar-refractivity contribution in [3.63, 3.8) is 0 Å². The van der Waals surface area contributed by atoms with Crippen LogP contribution in [0.2, 0.25) is 0 Å². The van der Waals surface area contributed by atoms with Crippen molar-refractivity contribution in [3.05, 3.63) is 23.3 Å². The maximum absolute atomic E-state index is 12.9. The Kier molecular flexibility index (Phi) is 6.11. The van der Waals surface area contributed by atoms with Gasteiger partial charge < -0.3 is 9.47 Å². The molecule has 1 aromatic rings. The minimum atomic E-state index is -6.70. The summed E-state index contributed by atoms with van der Waals surface area (Å²) in [6.07, 6.45) is 0. The summed E-state index contributed by atoms with van der Waals surface area (Å²) in [6, 6.07) is -0.695. The number of carbonyl (C=O) groups excluding carboxylic acids is 2. The minimum Gasteiger partial charge on any atom is -0.465 e. The van der Waals surface area contributed by atoms with Crippen LogP contribution in [0.5, 0.6) is 0 Å². The molecule has 0 saturated carbocycles. The third-order valence-electron chi connectivity index (χ3n) is 3.08. The fourth-order valence-electron chi connectivity index (χ4n) is 1.79. The maximum atomic E-state index is 12.9. The van der Waals surface area contributed by atoms with Gasteiger partial charge >= 0.3 is 23.0 Å². The lowest BCUT2D eigenvalue weighted by Gasteiger charge is -2.17. The summed E-state index contributed by atoms with van der Waals surface area (Å²) in [5.41, 5.74) is -15.0. The number of methoxy groups -OCH3 is 2. The van der Waals surface area contributed by atoms with Gasteiger partial charge in [-0.15, -0.1) is 0 Å². The van der Waals surface area contributed by atoms with Crippen LogP contribution in [0.15, 0.2) is 21.9 Å². The van der Waals surface area contributed by atoms with Gasteiger partial charge in [-0.25, -0.2) is 26.4 Å². The van der Waals surface area contributed by atoms with Crippen molar-refractivity contribution < 1.29 is 62.2 Å². The molecule has 0 aliphatic carbocycles. The van der Waals surface area contributed by atoms with Crippen LogP contribution in [0.1, 0.15) is 20.7 Å². The number of sulfone groups is 2. The highest BCUT2D eigenvalue weighted by Gasteiger charge is 2.54. The maximum Gasteiger partial charge on any atom is 0.501 e. The van der Waals surface area contributed by atoms with Gasteiger partial charge in [0.1, 0.15) is 0 Å². The Bertz CT molecular complexity index is 938. The number of halogens is 6. The Morgan fingerprint density at radius 2 is 0.964 bits per heavy atom. The Balaban J connectivity index is 4.25. The highest BCUT2D eigenvalue weighted by Crippen LogP contribution is 2.40. The van der Waals surface area contributed by atoms with Crippen LogP contribution >= 0.6 is 0 Å². The SMILES string of the molecule is COC(=O)c1cc(S(=O)(=O)C(F)(F)F)c(S(=O)(=O)C(F)(F)F)cc1C(=O)OC. The first-order valence-electron chi connectivity index (χ1n) is 6.40. The zero-order chi connectivity index (χ0) is 22.3. The fourth-order valence-corrected chi connectivity index (χ4v) is 4.14. The van der Waals surface area contributed by atoms with Gasteiger partial charge in [-0.3, -0.25) is 0 Å². The summed E-state index contributed by atoms with van der Waals surface area (Å²) in [7, 11) is -12.1. The van der Waals surface area contributed by atoms with Gasteiger partial charge in [0.15, 0.2) is 0 Å². The quantitative estimate of drug-likeness (QED) is 0.495. The predicted octanol–water partition coefficient (Wildman–Crippen LogP) is 1.85. The van der Waals surface area contributed by atoms with E-state index >= 15 is 0 Å². The second-order valence-electron chi connectivity index (χ2n) is 4.73. The van der Waals surface area contributed by atoms with E-state index in [0.29, 0.717) is 14.2 Å².